The van der Waals surface area contributed by atoms with E-state index in [1.54, 1.807) is 6.20 Å². The van der Waals surface area contributed by atoms with Crippen molar-refractivity contribution < 1.29 is 0 Å². The van der Waals surface area contributed by atoms with Crippen LogP contribution in [-0.4, -0.2) is 24.7 Å². The summed E-state index contributed by atoms with van der Waals surface area (Å²) in [6.07, 6.45) is 3.25. The highest BCUT2D eigenvalue weighted by molar-refractivity contribution is 5.67. The van der Waals surface area contributed by atoms with E-state index in [0.717, 1.165) is 33.9 Å². The topological polar surface area (TPSA) is 56.5 Å². The molecular formula is C20H17N5. The molecule has 2 heterocycles. The molecule has 2 aromatic heterocycles. The third kappa shape index (κ3) is 2.70. The van der Waals surface area contributed by atoms with Crippen LogP contribution in [0.2, 0.25) is 0 Å². The normalized spacial score (nSPS) is 10.8. The highest BCUT2D eigenvalue weighted by atomic mass is 15.3. The van der Waals surface area contributed by atoms with Gasteiger partial charge in [-0.2, -0.15) is 0 Å². The van der Waals surface area contributed by atoms with Crippen LogP contribution >= 0.6 is 0 Å². The van der Waals surface area contributed by atoms with Gasteiger partial charge in [0.25, 0.3) is 0 Å². The Hall–Kier alpha value is -3.34. The van der Waals surface area contributed by atoms with Gasteiger partial charge in [0.15, 0.2) is 11.6 Å². The first-order valence-corrected chi connectivity index (χ1v) is 8.09. The zero-order valence-electron chi connectivity index (χ0n) is 14.1. The Morgan fingerprint density at radius 2 is 1.48 bits per heavy atom. The van der Waals surface area contributed by atoms with Gasteiger partial charge < -0.3 is 0 Å². The van der Waals surface area contributed by atoms with Gasteiger partial charge in [-0.05, 0) is 31.0 Å². The van der Waals surface area contributed by atoms with E-state index in [9.17, 15) is 0 Å². The lowest BCUT2D eigenvalue weighted by molar-refractivity contribution is 1.02. The number of aryl methyl sites for hydroxylation is 2. The molecule has 0 spiro atoms. The summed E-state index contributed by atoms with van der Waals surface area (Å²) in [5.74, 6) is 1.50. The Morgan fingerprint density at radius 3 is 2.16 bits per heavy atom. The molecule has 2 aromatic carbocycles. The summed E-state index contributed by atoms with van der Waals surface area (Å²) in [6.45, 7) is 4.20. The maximum atomic E-state index is 4.47. The molecule has 0 bridgehead atoms. The molecular weight excluding hydrogens is 310 g/mol. The fourth-order valence-corrected chi connectivity index (χ4v) is 3.02. The third-order valence-corrected chi connectivity index (χ3v) is 4.17. The Bertz CT molecular complexity index is 930. The molecule has 4 aromatic rings. The second-order valence-electron chi connectivity index (χ2n) is 5.88. The van der Waals surface area contributed by atoms with Crippen molar-refractivity contribution in [1.82, 2.24) is 24.7 Å². The van der Waals surface area contributed by atoms with Crippen molar-refractivity contribution in [2.45, 2.75) is 13.8 Å². The number of hydrogen-bond donors (Lipinski definition) is 0. The minimum absolute atomic E-state index is 0.707. The molecule has 25 heavy (non-hydrogen) atoms. The van der Waals surface area contributed by atoms with E-state index in [0.29, 0.717) is 5.82 Å². The number of benzene rings is 2. The second kappa shape index (κ2) is 6.28. The molecule has 0 saturated heterocycles. The van der Waals surface area contributed by atoms with Crippen LogP contribution < -0.4 is 0 Å². The van der Waals surface area contributed by atoms with Crippen molar-refractivity contribution in [3.8, 4) is 28.6 Å². The van der Waals surface area contributed by atoms with Crippen LogP contribution in [0.25, 0.3) is 28.6 Å². The predicted octanol–water partition coefficient (Wildman–Crippen LogP) is 4.01. The number of aromatic nitrogens is 5. The maximum absolute atomic E-state index is 4.47. The van der Waals surface area contributed by atoms with Gasteiger partial charge in [0.05, 0.1) is 5.69 Å². The standard InChI is InChI=1S/C20H17N5/c1-14-7-6-8-15(2)18(14)25-19(16-9-4-3-5-10-16)23-24-20(25)17-11-12-21-13-22-17/h3-13H,1-2H3. The number of hydrogen-bond acceptors (Lipinski definition) is 4. The predicted molar refractivity (Wildman–Crippen MR) is 97.3 cm³/mol. The van der Waals surface area contributed by atoms with Gasteiger partial charge in [0, 0.05) is 11.8 Å². The smallest absolute Gasteiger partial charge is 0.187 e. The fraction of sp³-hybridized carbons (Fsp3) is 0.100. The van der Waals surface area contributed by atoms with E-state index in [1.165, 1.54) is 6.33 Å². The summed E-state index contributed by atoms with van der Waals surface area (Å²) in [6, 6.07) is 18.2. The van der Waals surface area contributed by atoms with Gasteiger partial charge in [-0.3, -0.25) is 4.57 Å². The minimum Gasteiger partial charge on any atom is -0.273 e. The van der Waals surface area contributed by atoms with Crippen LogP contribution in [0.4, 0.5) is 0 Å². The van der Waals surface area contributed by atoms with Crippen molar-refractivity contribution in [3.63, 3.8) is 0 Å². The highest BCUT2D eigenvalue weighted by Crippen LogP contribution is 2.30. The Balaban J connectivity index is 2.04. The van der Waals surface area contributed by atoms with Crippen molar-refractivity contribution in [2.75, 3.05) is 0 Å². The molecule has 5 heteroatoms. The summed E-state index contributed by atoms with van der Waals surface area (Å²) in [4.78, 5) is 8.37. The van der Waals surface area contributed by atoms with Gasteiger partial charge in [0.1, 0.15) is 12.0 Å². The molecule has 0 N–H and O–H groups in total. The monoisotopic (exact) mass is 327 g/mol. The summed E-state index contributed by atoms with van der Waals surface area (Å²) < 4.78 is 2.09. The minimum atomic E-state index is 0.707. The van der Waals surface area contributed by atoms with E-state index in [2.05, 4.69) is 56.8 Å². The molecule has 0 unspecified atom stereocenters. The number of rotatable bonds is 3. The van der Waals surface area contributed by atoms with E-state index in [4.69, 9.17) is 0 Å². The van der Waals surface area contributed by atoms with Crippen molar-refractivity contribution in [3.05, 3.63) is 78.2 Å². The number of para-hydroxylation sites is 1. The summed E-state index contributed by atoms with van der Waals surface area (Å²) in [5, 5.41) is 8.92. The van der Waals surface area contributed by atoms with Crippen LogP contribution in [0.3, 0.4) is 0 Å². The van der Waals surface area contributed by atoms with Crippen LogP contribution in [0, 0.1) is 13.8 Å². The zero-order chi connectivity index (χ0) is 17.2. The van der Waals surface area contributed by atoms with E-state index in [1.807, 2.05) is 36.4 Å². The average molecular weight is 327 g/mol. The van der Waals surface area contributed by atoms with Crippen molar-refractivity contribution in [2.24, 2.45) is 0 Å². The first kappa shape index (κ1) is 15.2. The molecule has 4 rings (SSSR count). The number of nitrogens with zero attached hydrogens (tertiary/aromatic N) is 5. The highest BCUT2D eigenvalue weighted by Gasteiger charge is 2.20. The third-order valence-electron chi connectivity index (χ3n) is 4.17. The maximum Gasteiger partial charge on any atom is 0.187 e. The molecule has 0 saturated carbocycles. The van der Waals surface area contributed by atoms with Gasteiger partial charge in [-0.1, -0.05) is 48.5 Å². The van der Waals surface area contributed by atoms with E-state index >= 15 is 0 Å². The lowest BCUT2D eigenvalue weighted by Crippen LogP contribution is -2.05. The zero-order valence-corrected chi connectivity index (χ0v) is 14.1. The Morgan fingerprint density at radius 1 is 0.760 bits per heavy atom. The average Bonchev–Trinajstić information content (AvgIpc) is 3.08. The molecule has 0 atom stereocenters. The summed E-state index contributed by atoms with van der Waals surface area (Å²) in [5.41, 5.74) is 5.16. The first-order valence-electron chi connectivity index (χ1n) is 8.09. The molecule has 0 fully saturated rings. The fourth-order valence-electron chi connectivity index (χ4n) is 3.02. The Kier molecular flexibility index (Phi) is 3.82. The molecule has 0 amide bonds. The van der Waals surface area contributed by atoms with Crippen LogP contribution in [-0.2, 0) is 0 Å². The first-order chi connectivity index (χ1) is 12.3. The molecule has 0 radical (unpaired) electrons. The summed E-state index contributed by atoms with van der Waals surface area (Å²) >= 11 is 0. The van der Waals surface area contributed by atoms with Crippen LogP contribution in [0.1, 0.15) is 11.1 Å². The molecule has 122 valence electrons. The van der Waals surface area contributed by atoms with E-state index in [-0.39, 0.29) is 0 Å². The molecule has 5 nitrogen and oxygen atoms in total. The van der Waals surface area contributed by atoms with Gasteiger partial charge >= 0.3 is 0 Å². The van der Waals surface area contributed by atoms with Crippen molar-refractivity contribution in [1.29, 1.82) is 0 Å². The SMILES string of the molecule is Cc1cccc(C)c1-n1c(-c2ccccc2)nnc1-c1ccncn1. The summed E-state index contributed by atoms with van der Waals surface area (Å²) in [7, 11) is 0. The van der Waals surface area contributed by atoms with Gasteiger partial charge in [-0.15, -0.1) is 10.2 Å². The Labute approximate surface area is 146 Å². The van der Waals surface area contributed by atoms with Crippen molar-refractivity contribution >= 4 is 0 Å². The van der Waals surface area contributed by atoms with Gasteiger partial charge in [-0.25, -0.2) is 9.97 Å². The largest absolute Gasteiger partial charge is 0.273 e. The lowest BCUT2D eigenvalue weighted by atomic mass is 10.1. The van der Waals surface area contributed by atoms with Crippen LogP contribution in [0.5, 0.6) is 0 Å². The van der Waals surface area contributed by atoms with Crippen LogP contribution in [0.15, 0.2) is 67.1 Å². The quantitative estimate of drug-likeness (QED) is 0.570. The van der Waals surface area contributed by atoms with Gasteiger partial charge in [0.2, 0.25) is 0 Å². The molecule has 0 aliphatic heterocycles. The molecule has 0 aliphatic carbocycles. The van der Waals surface area contributed by atoms with E-state index < -0.39 is 0 Å². The lowest BCUT2D eigenvalue weighted by Gasteiger charge is -2.15. The second-order valence-corrected chi connectivity index (χ2v) is 5.88. The molecule has 0 aliphatic rings.